The van der Waals surface area contributed by atoms with Crippen LogP contribution in [0.4, 0.5) is 0 Å². The molecule has 1 fully saturated rings. The summed E-state index contributed by atoms with van der Waals surface area (Å²) < 4.78 is 0. The van der Waals surface area contributed by atoms with Crippen LogP contribution in [-0.2, 0) is 6.54 Å². The zero-order valence-corrected chi connectivity index (χ0v) is 12.2. The van der Waals surface area contributed by atoms with Crippen LogP contribution in [0.25, 0.3) is 0 Å². The summed E-state index contributed by atoms with van der Waals surface area (Å²) in [5, 5.41) is 4.88. The van der Waals surface area contributed by atoms with Gasteiger partial charge in [0.1, 0.15) is 0 Å². The second-order valence-corrected chi connectivity index (χ2v) is 6.63. The third-order valence-electron chi connectivity index (χ3n) is 3.43. The van der Waals surface area contributed by atoms with E-state index in [4.69, 9.17) is 4.98 Å². The van der Waals surface area contributed by atoms with Crippen LogP contribution in [-0.4, -0.2) is 11.5 Å². The summed E-state index contributed by atoms with van der Waals surface area (Å²) in [4.78, 5) is 6.34. The van der Waals surface area contributed by atoms with Crippen LogP contribution in [0.3, 0.4) is 0 Å². The smallest absolute Gasteiger partial charge is 0.0965 e. The van der Waals surface area contributed by atoms with Gasteiger partial charge in [0.25, 0.3) is 0 Å². The van der Waals surface area contributed by atoms with Crippen LogP contribution < -0.4 is 5.32 Å². The number of aromatic nitrogens is 1. The van der Waals surface area contributed by atoms with Gasteiger partial charge in [-0.2, -0.15) is 0 Å². The summed E-state index contributed by atoms with van der Waals surface area (Å²) in [5.41, 5.74) is 1.33. The molecule has 3 heteroatoms. The van der Waals surface area contributed by atoms with Crippen molar-refractivity contribution in [2.24, 2.45) is 5.92 Å². The predicted molar refractivity (Wildman–Crippen MR) is 74.7 cm³/mol. The van der Waals surface area contributed by atoms with E-state index in [1.807, 2.05) is 11.3 Å². The lowest BCUT2D eigenvalue weighted by Gasteiger charge is -2.05. The molecule has 2 unspecified atom stereocenters. The van der Waals surface area contributed by atoms with Crippen LogP contribution >= 0.6 is 11.3 Å². The fourth-order valence-electron chi connectivity index (χ4n) is 2.16. The first-order valence-electron chi connectivity index (χ1n) is 6.83. The van der Waals surface area contributed by atoms with Gasteiger partial charge in [0.2, 0.25) is 0 Å². The molecule has 1 aromatic rings. The highest BCUT2D eigenvalue weighted by Crippen LogP contribution is 2.49. The van der Waals surface area contributed by atoms with E-state index in [-0.39, 0.29) is 0 Å². The van der Waals surface area contributed by atoms with E-state index >= 15 is 0 Å². The first kappa shape index (κ1) is 13.0. The van der Waals surface area contributed by atoms with E-state index in [9.17, 15) is 0 Å². The molecule has 1 aromatic heterocycles. The van der Waals surface area contributed by atoms with Gasteiger partial charge in [0.15, 0.2) is 0 Å². The number of thiazole rings is 1. The Labute approximate surface area is 109 Å². The minimum atomic E-state index is 0.549. The zero-order chi connectivity index (χ0) is 12.4. The first-order valence-corrected chi connectivity index (χ1v) is 7.65. The fraction of sp³-hybridized carbons (Fsp3) is 0.786. The van der Waals surface area contributed by atoms with E-state index in [1.165, 1.54) is 28.4 Å². The molecule has 0 aromatic carbocycles. The highest BCUT2D eigenvalue weighted by Gasteiger charge is 2.37. The Bertz CT molecular complexity index is 370. The van der Waals surface area contributed by atoms with Crippen molar-refractivity contribution in [3.63, 3.8) is 0 Å². The van der Waals surface area contributed by atoms with Crippen molar-refractivity contribution < 1.29 is 0 Å². The summed E-state index contributed by atoms with van der Waals surface area (Å²) in [6.07, 6.45) is 2.54. The van der Waals surface area contributed by atoms with E-state index < -0.39 is 0 Å². The normalized spacial score (nSPS) is 23.4. The molecule has 17 heavy (non-hydrogen) atoms. The molecule has 2 nitrogen and oxygen atoms in total. The Morgan fingerprint density at radius 2 is 2.18 bits per heavy atom. The van der Waals surface area contributed by atoms with Crippen molar-refractivity contribution in [2.75, 3.05) is 6.54 Å². The molecule has 0 spiro atoms. The molecule has 2 rings (SSSR count). The summed E-state index contributed by atoms with van der Waals surface area (Å²) >= 11 is 1.94. The van der Waals surface area contributed by atoms with Crippen molar-refractivity contribution in [1.82, 2.24) is 10.3 Å². The van der Waals surface area contributed by atoms with Gasteiger partial charge in [-0.1, -0.05) is 27.7 Å². The lowest BCUT2D eigenvalue weighted by molar-refractivity contribution is 0.670. The third-order valence-corrected chi connectivity index (χ3v) is 4.63. The van der Waals surface area contributed by atoms with Crippen molar-refractivity contribution in [1.29, 1.82) is 0 Å². The SMILES string of the molecule is CCCNCc1sc(C2CC2C)nc1C(C)C. The van der Waals surface area contributed by atoms with Gasteiger partial charge in [-0.3, -0.25) is 0 Å². The minimum absolute atomic E-state index is 0.549. The molecule has 0 amide bonds. The van der Waals surface area contributed by atoms with E-state index in [2.05, 4.69) is 33.0 Å². The monoisotopic (exact) mass is 252 g/mol. The summed E-state index contributed by atoms with van der Waals surface area (Å²) in [6.45, 7) is 11.1. The quantitative estimate of drug-likeness (QED) is 0.777. The molecule has 2 atom stereocenters. The predicted octanol–water partition coefficient (Wildman–Crippen LogP) is 3.89. The van der Waals surface area contributed by atoms with Crippen LogP contribution in [0.2, 0.25) is 0 Å². The maximum atomic E-state index is 4.88. The third kappa shape index (κ3) is 3.08. The van der Waals surface area contributed by atoms with Crippen LogP contribution in [0.5, 0.6) is 0 Å². The van der Waals surface area contributed by atoms with Crippen LogP contribution in [0.1, 0.15) is 68.0 Å². The lowest BCUT2D eigenvalue weighted by Crippen LogP contribution is -2.14. The van der Waals surface area contributed by atoms with Crippen molar-refractivity contribution in [3.8, 4) is 0 Å². The van der Waals surface area contributed by atoms with Gasteiger partial charge in [-0.25, -0.2) is 4.98 Å². The Kier molecular flexibility index (Phi) is 4.21. The average Bonchev–Trinajstić information content (AvgIpc) is 2.86. The van der Waals surface area contributed by atoms with Gasteiger partial charge in [0.05, 0.1) is 10.7 Å². The number of rotatable bonds is 6. The zero-order valence-electron chi connectivity index (χ0n) is 11.4. The highest BCUT2D eigenvalue weighted by molar-refractivity contribution is 7.11. The largest absolute Gasteiger partial charge is 0.312 e. The van der Waals surface area contributed by atoms with Crippen molar-refractivity contribution in [2.45, 2.75) is 58.9 Å². The van der Waals surface area contributed by atoms with Crippen LogP contribution in [0, 0.1) is 5.92 Å². The first-order chi connectivity index (χ1) is 8.13. The Balaban J connectivity index is 2.08. The molecule has 0 aliphatic heterocycles. The molecule has 0 radical (unpaired) electrons. The highest BCUT2D eigenvalue weighted by atomic mass is 32.1. The Morgan fingerprint density at radius 3 is 2.71 bits per heavy atom. The van der Waals surface area contributed by atoms with Gasteiger partial charge < -0.3 is 5.32 Å². The molecule has 1 N–H and O–H groups in total. The second kappa shape index (κ2) is 5.49. The van der Waals surface area contributed by atoms with E-state index in [0.717, 1.165) is 24.9 Å². The number of nitrogens with one attached hydrogen (secondary N) is 1. The van der Waals surface area contributed by atoms with Gasteiger partial charge >= 0.3 is 0 Å². The number of nitrogens with zero attached hydrogens (tertiary/aromatic N) is 1. The van der Waals surface area contributed by atoms with Crippen molar-refractivity contribution in [3.05, 3.63) is 15.6 Å². The molecule has 1 saturated carbocycles. The van der Waals surface area contributed by atoms with Crippen LogP contribution in [0.15, 0.2) is 0 Å². The summed E-state index contributed by atoms with van der Waals surface area (Å²) in [7, 11) is 0. The molecule has 0 bridgehead atoms. The lowest BCUT2D eigenvalue weighted by atomic mass is 10.1. The number of hydrogen-bond donors (Lipinski definition) is 1. The topological polar surface area (TPSA) is 24.9 Å². The van der Waals surface area contributed by atoms with Gasteiger partial charge in [-0.15, -0.1) is 11.3 Å². The molecule has 1 heterocycles. The molecule has 1 aliphatic carbocycles. The average molecular weight is 252 g/mol. The Hall–Kier alpha value is -0.410. The Morgan fingerprint density at radius 1 is 1.47 bits per heavy atom. The minimum Gasteiger partial charge on any atom is -0.312 e. The summed E-state index contributed by atoms with van der Waals surface area (Å²) in [5.74, 6) is 2.17. The van der Waals surface area contributed by atoms with Crippen molar-refractivity contribution >= 4 is 11.3 Å². The van der Waals surface area contributed by atoms with E-state index in [1.54, 1.807) is 0 Å². The molecule has 0 saturated heterocycles. The number of hydrogen-bond acceptors (Lipinski definition) is 3. The maximum Gasteiger partial charge on any atom is 0.0965 e. The fourth-order valence-corrected chi connectivity index (χ4v) is 3.60. The molecule has 1 aliphatic rings. The molecular weight excluding hydrogens is 228 g/mol. The molecule has 96 valence electrons. The summed E-state index contributed by atoms with van der Waals surface area (Å²) in [6, 6.07) is 0. The van der Waals surface area contributed by atoms with Gasteiger partial charge in [0, 0.05) is 17.3 Å². The van der Waals surface area contributed by atoms with Gasteiger partial charge in [-0.05, 0) is 31.2 Å². The maximum absolute atomic E-state index is 4.88. The standard InChI is InChI=1S/C14H24N2S/c1-5-6-15-8-12-13(9(2)3)16-14(17-12)11-7-10(11)4/h9-11,15H,5-8H2,1-4H3. The van der Waals surface area contributed by atoms with E-state index in [0.29, 0.717) is 5.92 Å². The second-order valence-electron chi connectivity index (χ2n) is 5.51. The molecular formula is C14H24N2S.